The summed E-state index contributed by atoms with van der Waals surface area (Å²) >= 11 is 0. The molecule has 0 bridgehead atoms. The van der Waals surface area contributed by atoms with Crippen LogP contribution in [-0.4, -0.2) is 32.9 Å². The van der Waals surface area contributed by atoms with Crippen LogP contribution >= 0.6 is 0 Å². The van der Waals surface area contributed by atoms with Crippen molar-refractivity contribution in [3.63, 3.8) is 0 Å². The minimum Gasteiger partial charge on any atom is -0.391 e. The highest BCUT2D eigenvalue weighted by molar-refractivity contribution is 5.94. The molecule has 0 saturated heterocycles. The summed E-state index contributed by atoms with van der Waals surface area (Å²) in [6.45, 7) is 1.80. The van der Waals surface area contributed by atoms with E-state index in [0.29, 0.717) is 12.0 Å². The molecule has 0 spiro atoms. The summed E-state index contributed by atoms with van der Waals surface area (Å²) in [5.41, 5.74) is 2.38. The summed E-state index contributed by atoms with van der Waals surface area (Å²) in [5.74, 6) is -0.248. The molecule has 5 nitrogen and oxygen atoms in total. The molecule has 3 rings (SSSR count). The van der Waals surface area contributed by atoms with Crippen LogP contribution in [0, 0.1) is 0 Å². The van der Waals surface area contributed by atoms with E-state index in [-0.39, 0.29) is 11.9 Å². The number of aromatic nitrogens is 2. The standard InChI is InChI=1S/C20H21N3O2/c1-15(19(24)12-16-8-4-2-5-9-16)22-20(25)17-13-21-23(14-17)18-10-6-3-7-11-18/h2-11,13-15,19,24H,12H2,1H3,(H,22,25). The van der Waals surface area contributed by atoms with E-state index in [9.17, 15) is 9.90 Å². The van der Waals surface area contributed by atoms with Crippen molar-refractivity contribution in [2.45, 2.75) is 25.5 Å². The lowest BCUT2D eigenvalue weighted by molar-refractivity contribution is 0.0852. The molecule has 2 aromatic carbocycles. The number of hydrogen-bond acceptors (Lipinski definition) is 3. The van der Waals surface area contributed by atoms with Crippen LogP contribution in [0.25, 0.3) is 5.69 Å². The van der Waals surface area contributed by atoms with Crippen LogP contribution in [0.2, 0.25) is 0 Å². The zero-order valence-corrected chi connectivity index (χ0v) is 14.0. The summed E-state index contributed by atoms with van der Waals surface area (Å²) < 4.78 is 1.65. The third-order valence-electron chi connectivity index (χ3n) is 4.09. The number of para-hydroxylation sites is 1. The van der Waals surface area contributed by atoms with Gasteiger partial charge in [0.05, 0.1) is 29.6 Å². The van der Waals surface area contributed by atoms with Crippen LogP contribution in [0.1, 0.15) is 22.8 Å². The summed E-state index contributed by atoms with van der Waals surface area (Å²) in [7, 11) is 0. The quantitative estimate of drug-likeness (QED) is 0.728. The highest BCUT2D eigenvalue weighted by Crippen LogP contribution is 2.09. The van der Waals surface area contributed by atoms with E-state index in [1.807, 2.05) is 60.7 Å². The number of carbonyl (C=O) groups excluding carboxylic acids is 1. The lowest BCUT2D eigenvalue weighted by Gasteiger charge is -2.20. The van der Waals surface area contributed by atoms with Crippen molar-refractivity contribution in [3.05, 3.63) is 84.2 Å². The van der Waals surface area contributed by atoms with Crippen molar-refractivity contribution in [3.8, 4) is 5.69 Å². The molecule has 2 atom stereocenters. The minimum absolute atomic E-state index is 0.248. The van der Waals surface area contributed by atoms with Crippen molar-refractivity contribution < 1.29 is 9.90 Å². The lowest BCUT2D eigenvalue weighted by Crippen LogP contribution is -2.42. The Hall–Kier alpha value is -2.92. The number of aliphatic hydroxyl groups excluding tert-OH is 1. The average Bonchev–Trinajstić information content (AvgIpc) is 3.13. The van der Waals surface area contributed by atoms with Crippen LogP contribution in [-0.2, 0) is 6.42 Å². The second-order valence-corrected chi connectivity index (χ2v) is 6.03. The van der Waals surface area contributed by atoms with Gasteiger partial charge in [-0.05, 0) is 24.6 Å². The smallest absolute Gasteiger partial charge is 0.254 e. The molecule has 0 radical (unpaired) electrons. The maximum atomic E-state index is 12.4. The number of nitrogens with zero attached hydrogens (tertiary/aromatic N) is 2. The van der Waals surface area contributed by atoms with E-state index in [1.54, 1.807) is 17.8 Å². The Morgan fingerprint density at radius 3 is 2.44 bits per heavy atom. The van der Waals surface area contributed by atoms with Gasteiger partial charge in [-0.1, -0.05) is 48.5 Å². The molecule has 3 aromatic rings. The first-order valence-electron chi connectivity index (χ1n) is 8.26. The third-order valence-corrected chi connectivity index (χ3v) is 4.09. The molecule has 2 unspecified atom stereocenters. The van der Waals surface area contributed by atoms with E-state index < -0.39 is 6.10 Å². The number of carbonyl (C=O) groups is 1. The number of aliphatic hydroxyl groups is 1. The monoisotopic (exact) mass is 335 g/mol. The number of benzene rings is 2. The highest BCUT2D eigenvalue weighted by Gasteiger charge is 2.19. The number of nitrogens with one attached hydrogen (secondary N) is 1. The molecule has 0 aliphatic carbocycles. The molecule has 1 amide bonds. The second kappa shape index (κ2) is 7.77. The van der Waals surface area contributed by atoms with Gasteiger partial charge >= 0.3 is 0 Å². The lowest BCUT2D eigenvalue weighted by atomic mass is 10.0. The van der Waals surface area contributed by atoms with Gasteiger partial charge in [-0.25, -0.2) is 4.68 Å². The molecule has 0 aliphatic heterocycles. The number of hydrogen-bond donors (Lipinski definition) is 2. The predicted octanol–water partition coefficient (Wildman–Crippen LogP) is 2.59. The summed E-state index contributed by atoms with van der Waals surface area (Å²) in [5, 5.41) is 17.4. The van der Waals surface area contributed by atoms with E-state index in [2.05, 4.69) is 10.4 Å². The Bertz CT molecular complexity index is 815. The van der Waals surface area contributed by atoms with Crippen LogP contribution < -0.4 is 5.32 Å². The van der Waals surface area contributed by atoms with Crippen molar-refractivity contribution in [1.29, 1.82) is 0 Å². The topological polar surface area (TPSA) is 67.2 Å². The minimum atomic E-state index is -0.657. The molecule has 0 saturated carbocycles. The largest absolute Gasteiger partial charge is 0.391 e. The highest BCUT2D eigenvalue weighted by atomic mass is 16.3. The van der Waals surface area contributed by atoms with E-state index >= 15 is 0 Å². The van der Waals surface area contributed by atoms with Gasteiger partial charge in [-0.2, -0.15) is 5.10 Å². The maximum Gasteiger partial charge on any atom is 0.254 e. The van der Waals surface area contributed by atoms with Gasteiger partial charge < -0.3 is 10.4 Å². The van der Waals surface area contributed by atoms with Gasteiger partial charge in [-0.3, -0.25) is 4.79 Å². The first kappa shape index (κ1) is 16.9. The Balaban J connectivity index is 1.61. The Morgan fingerprint density at radius 2 is 1.76 bits per heavy atom. The average molecular weight is 335 g/mol. The summed E-state index contributed by atoms with van der Waals surface area (Å²) in [6, 6.07) is 18.9. The Kier molecular flexibility index (Phi) is 5.26. The summed E-state index contributed by atoms with van der Waals surface area (Å²) in [6.07, 6.45) is 3.04. The van der Waals surface area contributed by atoms with Gasteiger partial charge in [0.2, 0.25) is 0 Å². The van der Waals surface area contributed by atoms with Crippen molar-refractivity contribution in [1.82, 2.24) is 15.1 Å². The molecule has 0 fully saturated rings. The first-order valence-corrected chi connectivity index (χ1v) is 8.26. The van der Waals surface area contributed by atoms with Gasteiger partial charge in [0.15, 0.2) is 0 Å². The first-order chi connectivity index (χ1) is 12.1. The van der Waals surface area contributed by atoms with Gasteiger partial charge in [0.1, 0.15) is 0 Å². The maximum absolute atomic E-state index is 12.4. The fraction of sp³-hybridized carbons (Fsp3) is 0.200. The van der Waals surface area contributed by atoms with Gasteiger partial charge in [0.25, 0.3) is 5.91 Å². The molecule has 0 aliphatic rings. The van der Waals surface area contributed by atoms with Crippen molar-refractivity contribution in [2.24, 2.45) is 0 Å². The molecule has 1 aromatic heterocycles. The number of amides is 1. The number of rotatable bonds is 6. The molecule has 128 valence electrons. The van der Waals surface area contributed by atoms with Crippen LogP contribution in [0.3, 0.4) is 0 Å². The van der Waals surface area contributed by atoms with E-state index in [1.165, 1.54) is 6.20 Å². The fourth-order valence-corrected chi connectivity index (χ4v) is 2.58. The van der Waals surface area contributed by atoms with Crippen LogP contribution in [0.4, 0.5) is 0 Å². The van der Waals surface area contributed by atoms with Crippen LogP contribution in [0.5, 0.6) is 0 Å². The zero-order chi connectivity index (χ0) is 17.6. The molecular formula is C20H21N3O2. The molecule has 2 N–H and O–H groups in total. The molecular weight excluding hydrogens is 314 g/mol. The predicted molar refractivity (Wildman–Crippen MR) is 96.6 cm³/mol. The molecule has 1 heterocycles. The van der Waals surface area contributed by atoms with Crippen molar-refractivity contribution >= 4 is 5.91 Å². The third kappa shape index (κ3) is 4.33. The van der Waals surface area contributed by atoms with Crippen molar-refractivity contribution in [2.75, 3.05) is 0 Å². The summed E-state index contributed by atoms with van der Waals surface area (Å²) in [4.78, 5) is 12.4. The molecule has 5 heteroatoms. The van der Waals surface area contributed by atoms with Gasteiger partial charge in [0, 0.05) is 12.6 Å². The Morgan fingerprint density at radius 1 is 1.12 bits per heavy atom. The van der Waals surface area contributed by atoms with Crippen LogP contribution in [0.15, 0.2) is 73.1 Å². The van der Waals surface area contributed by atoms with Gasteiger partial charge in [-0.15, -0.1) is 0 Å². The SMILES string of the molecule is CC(NC(=O)c1cnn(-c2ccccc2)c1)C(O)Cc1ccccc1. The molecule has 25 heavy (non-hydrogen) atoms. The van der Waals surface area contributed by atoms with E-state index in [0.717, 1.165) is 11.3 Å². The second-order valence-electron chi connectivity index (χ2n) is 6.03. The zero-order valence-electron chi connectivity index (χ0n) is 14.0. The fourth-order valence-electron chi connectivity index (χ4n) is 2.58. The normalized spacial score (nSPS) is 13.2. The van der Waals surface area contributed by atoms with E-state index in [4.69, 9.17) is 0 Å². The Labute approximate surface area is 146 Å².